The average Bonchev–Trinajstić information content (AvgIpc) is 2.94. The number of hydrogen-bond acceptors (Lipinski definition) is 3. The first-order chi connectivity index (χ1) is 9.52. The summed E-state index contributed by atoms with van der Waals surface area (Å²) in [6, 6.07) is 0.281. The first-order valence-electron chi connectivity index (χ1n) is 7.51. The molecule has 1 heterocycles. The molecule has 0 spiro atoms. The molecule has 0 bridgehead atoms. The summed E-state index contributed by atoms with van der Waals surface area (Å²) in [5.41, 5.74) is 9.12. The van der Waals surface area contributed by atoms with Gasteiger partial charge >= 0.3 is 0 Å². The van der Waals surface area contributed by atoms with E-state index < -0.39 is 0 Å². The summed E-state index contributed by atoms with van der Waals surface area (Å²) in [5, 5.41) is 7.54. The number of rotatable bonds is 5. The van der Waals surface area contributed by atoms with Crippen LogP contribution in [0, 0.1) is 19.8 Å². The number of nitrogens with one attached hydrogen (secondary N) is 1. The van der Waals surface area contributed by atoms with Gasteiger partial charge in [0.1, 0.15) is 0 Å². The second-order valence-electron chi connectivity index (χ2n) is 5.87. The summed E-state index contributed by atoms with van der Waals surface area (Å²) < 4.78 is 1.88. The molecule has 7 heteroatoms. The van der Waals surface area contributed by atoms with E-state index in [4.69, 9.17) is 5.73 Å². The summed E-state index contributed by atoms with van der Waals surface area (Å²) >= 11 is 0. The summed E-state index contributed by atoms with van der Waals surface area (Å²) in [7, 11) is 1.94. The molecule has 5 nitrogen and oxygen atoms in total. The highest BCUT2D eigenvalue weighted by atomic mass is 35.5. The zero-order valence-corrected chi connectivity index (χ0v) is 15.2. The summed E-state index contributed by atoms with van der Waals surface area (Å²) in [6.45, 7) is 4.72. The Morgan fingerprint density at radius 1 is 1.36 bits per heavy atom. The van der Waals surface area contributed by atoms with E-state index in [1.165, 1.54) is 12.0 Å². The molecule has 1 aromatic rings. The van der Waals surface area contributed by atoms with Gasteiger partial charge in [0, 0.05) is 25.2 Å². The van der Waals surface area contributed by atoms with Crippen LogP contribution in [0.25, 0.3) is 0 Å². The Bertz CT molecular complexity index is 490. The molecule has 1 aliphatic rings. The maximum Gasteiger partial charge on any atom is 0.220 e. The van der Waals surface area contributed by atoms with E-state index in [2.05, 4.69) is 17.3 Å². The van der Waals surface area contributed by atoms with Crippen molar-refractivity contribution < 1.29 is 4.79 Å². The van der Waals surface area contributed by atoms with Gasteiger partial charge in [-0.15, -0.1) is 24.8 Å². The predicted octanol–water partition coefficient (Wildman–Crippen LogP) is 2.06. The molecule has 1 fully saturated rings. The molecule has 0 radical (unpaired) electrons. The minimum atomic E-state index is 0. The lowest BCUT2D eigenvalue weighted by Crippen LogP contribution is -2.39. The minimum absolute atomic E-state index is 0. The van der Waals surface area contributed by atoms with Crippen molar-refractivity contribution in [2.75, 3.05) is 6.54 Å². The van der Waals surface area contributed by atoms with Gasteiger partial charge in [-0.05, 0) is 51.1 Å². The van der Waals surface area contributed by atoms with Crippen LogP contribution in [0.1, 0.15) is 42.6 Å². The van der Waals surface area contributed by atoms with Crippen molar-refractivity contribution in [3.05, 3.63) is 17.0 Å². The van der Waals surface area contributed by atoms with E-state index in [9.17, 15) is 4.79 Å². The summed E-state index contributed by atoms with van der Waals surface area (Å²) in [6.07, 6.45) is 4.67. The Morgan fingerprint density at radius 2 is 2.05 bits per heavy atom. The number of aryl methyl sites for hydroxylation is 2. The number of halogens is 2. The van der Waals surface area contributed by atoms with Gasteiger partial charge in [0.15, 0.2) is 0 Å². The average molecular weight is 351 g/mol. The Balaban J connectivity index is 0.00000220. The molecular weight excluding hydrogens is 323 g/mol. The van der Waals surface area contributed by atoms with Crippen LogP contribution in [-0.2, 0) is 18.3 Å². The number of nitrogens with two attached hydrogens (primary N) is 1. The smallest absolute Gasteiger partial charge is 0.220 e. The third-order valence-electron chi connectivity index (χ3n) is 4.57. The van der Waals surface area contributed by atoms with Crippen LogP contribution < -0.4 is 11.1 Å². The third-order valence-corrected chi connectivity index (χ3v) is 4.57. The van der Waals surface area contributed by atoms with Crippen LogP contribution in [0.5, 0.6) is 0 Å². The number of aromatic nitrogens is 2. The van der Waals surface area contributed by atoms with Crippen LogP contribution in [0.4, 0.5) is 0 Å². The topological polar surface area (TPSA) is 72.9 Å². The van der Waals surface area contributed by atoms with Crippen molar-refractivity contribution in [1.82, 2.24) is 15.1 Å². The second kappa shape index (κ2) is 9.38. The van der Waals surface area contributed by atoms with Gasteiger partial charge in [0.2, 0.25) is 5.91 Å². The zero-order valence-electron chi connectivity index (χ0n) is 13.6. The van der Waals surface area contributed by atoms with Gasteiger partial charge in [-0.25, -0.2) is 0 Å². The Morgan fingerprint density at radius 3 is 2.59 bits per heavy atom. The largest absolute Gasteiger partial charge is 0.353 e. The molecule has 1 aliphatic carbocycles. The number of carbonyl (C=O) groups is 1. The molecular formula is C15H28Cl2N4O. The zero-order chi connectivity index (χ0) is 14.7. The van der Waals surface area contributed by atoms with Crippen LogP contribution in [-0.4, -0.2) is 28.3 Å². The van der Waals surface area contributed by atoms with Crippen LogP contribution >= 0.6 is 24.8 Å². The molecule has 0 saturated heterocycles. The predicted molar refractivity (Wildman–Crippen MR) is 93.8 cm³/mol. The maximum atomic E-state index is 12.1. The van der Waals surface area contributed by atoms with E-state index >= 15 is 0 Å². The van der Waals surface area contributed by atoms with E-state index in [1.807, 2.05) is 18.7 Å². The highest BCUT2D eigenvalue weighted by molar-refractivity contribution is 5.85. The fourth-order valence-electron chi connectivity index (χ4n) is 3.21. The van der Waals surface area contributed by atoms with E-state index in [-0.39, 0.29) is 36.8 Å². The fraction of sp³-hybridized carbons (Fsp3) is 0.733. The van der Waals surface area contributed by atoms with Crippen molar-refractivity contribution in [2.24, 2.45) is 18.7 Å². The van der Waals surface area contributed by atoms with Crippen molar-refractivity contribution >= 4 is 30.7 Å². The van der Waals surface area contributed by atoms with Gasteiger partial charge in [-0.2, -0.15) is 5.10 Å². The molecule has 128 valence electrons. The molecule has 2 unspecified atom stereocenters. The fourth-order valence-corrected chi connectivity index (χ4v) is 3.21. The highest BCUT2D eigenvalue weighted by Crippen LogP contribution is 2.24. The molecule has 1 aromatic heterocycles. The van der Waals surface area contributed by atoms with Gasteiger partial charge in [0.05, 0.1) is 5.69 Å². The standard InChI is InChI=1S/C15H26N4O.2ClH/c1-10-13(11(2)19(3)18-10)7-8-15(20)17-14-6-4-5-12(14)9-16;;/h12,14H,4-9,16H2,1-3H3,(H,17,20);2*1H. The first-order valence-corrected chi connectivity index (χ1v) is 7.51. The van der Waals surface area contributed by atoms with E-state index in [0.29, 0.717) is 18.9 Å². The number of hydrogen-bond donors (Lipinski definition) is 2. The molecule has 0 aliphatic heterocycles. The van der Waals surface area contributed by atoms with Gasteiger partial charge in [-0.1, -0.05) is 6.42 Å². The number of amides is 1. The van der Waals surface area contributed by atoms with Crippen molar-refractivity contribution in [2.45, 2.75) is 52.0 Å². The SMILES string of the molecule is Cc1nn(C)c(C)c1CCC(=O)NC1CCCC1CN.Cl.Cl. The normalized spacial score (nSPS) is 20.2. The molecule has 0 aromatic carbocycles. The minimum Gasteiger partial charge on any atom is -0.353 e. The van der Waals surface area contributed by atoms with Crippen LogP contribution in [0.3, 0.4) is 0 Å². The number of nitrogens with zero attached hydrogens (tertiary/aromatic N) is 2. The monoisotopic (exact) mass is 350 g/mol. The molecule has 22 heavy (non-hydrogen) atoms. The van der Waals surface area contributed by atoms with Gasteiger partial charge in [0.25, 0.3) is 0 Å². The molecule has 1 amide bonds. The number of carbonyl (C=O) groups excluding carboxylic acids is 1. The second-order valence-corrected chi connectivity index (χ2v) is 5.87. The van der Waals surface area contributed by atoms with Crippen molar-refractivity contribution in [3.8, 4) is 0 Å². The lowest BCUT2D eigenvalue weighted by atomic mass is 10.0. The van der Waals surface area contributed by atoms with Crippen molar-refractivity contribution in [3.63, 3.8) is 0 Å². The van der Waals surface area contributed by atoms with E-state index in [1.54, 1.807) is 0 Å². The molecule has 2 rings (SSSR count). The molecule has 1 saturated carbocycles. The molecule has 2 atom stereocenters. The molecule has 3 N–H and O–H groups in total. The maximum absolute atomic E-state index is 12.1. The van der Waals surface area contributed by atoms with Crippen LogP contribution in [0.2, 0.25) is 0 Å². The summed E-state index contributed by atoms with van der Waals surface area (Å²) in [5.74, 6) is 0.596. The van der Waals surface area contributed by atoms with E-state index in [0.717, 1.165) is 30.7 Å². The third kappa shape index (κ3) is 4.86. The highest BCUT2D eigenvalue weighted by Gasteiger charge is 2.27. The quantitative estimate of drug-likeness (QED) is 0.853. The summed E-state index contributed by atoms with van der Waals surface area (Å²) in [4.78, 5) is 12.1. The lowest BCUT2D eigenvalue weighted by molar-refractivity contribution is -0.122. The lowest BCUT2D eigenvalue weighted by Gasteiger charge is -2.19. The van der Waals surface area contributed by atoms with Gasteiger partial charge in [-0.3, -0.25) is 9.48 Å². The Hall–Kier alpha value is -0.780. The van der Waals surface area contributed by atoms with Crippen LogP contribution in [0.15, 0.2) is 0 Å². The first kappa shape index (κ1) is 21.2. The van der Waals surface area contributed by atoms with Crippen molar-refractivity contribution in [1.29, 1.82) is 0 Å². The van der Waals surface area contributed by atoms with Gasteiger partial charge < -0.3 is 11.1 Å². The Labute approximate surface area is 145 Å². The Kier molecular flexibility index (Phi) is 9.05.